The Balaban J connectivity index is 2.39. The predicted octanol–water partition coefficient (Wildman–Crippen LogP) is 0.862. The second kappa shape index (κ2) is 6.71. The Morgan fingerprint density at radius 2 is 2.00 bits per heavy atom. The molecule has 0 fully saturated rings. The molecule has 0 aliphatic heterocycles. The van der Waals surface area contributed by atoms with Crippen LogP contribution in [0.3, 0.4) is 0 Å². The summed E-state index contributed by atoms with van der Waals surface area (Å²) in [6, 6.07) is 7.84. The summed E-state index contributed by atoms with van der Waals surface area (Å²) in [5.41, 5.74) is 6.60. The molecule has 0 heterocycles. The van der Waals surface area contributed by atoms with Crippen LogP contribution in [-0.2, 0) is 17.3 Å². The van der Waals surface area contributed by atoms with Gasteiger partial charge >= 0.3 is 0 Å². The van der Waals surface area contributed by atoms with E-state index in [1.807, 2.05) is 24.3 Å². The maximum Gasteiger partial charge on any atom is 0.0498 e. The van der Waals surface area contributed by atoms with Gasteiger partial charge in [0, 0.05) is 28.5 Å². The summed E-state index contributed by atoms with van der Waals surface area (Å²) < 4.78 is 11.1. The van der Waals surface area contributed by atoms with E-state index in [1.54, 1.807) is 6.26 Å². The molecule has 84 valence electrons. The Hall–Kier alpha value is -0.710. The molecule has 3 nitrogen and oxygen atoms in total. The zero-order chi connectivity index (χ0) is 11.1. The van der Waals surface area contributed by atoms with Gasteiger partial charge in [-0.05, 0) is 37.2 Å². The molecule has 0 saturated carbocycles. The van der Waals surface area contributed by atoms with Gasteiger partial charge in [0.05, 0.1) is 0 Å². The first kappa shape index (κ1) is 12.4. The Morgan fingerprint density at radius 1 is 1.33 bits per heavy atom. The maximum absolute atomic E-state index is 11.1. The van der Waals surface area contributed by atoms with Gasteiger partial charge in [0.2, 0.25) is 0 Å². The third-order valence-corrected chi connectivity index (χ3v) is 3.08. The lowest BCUT2D eigenvalue weighted by Gasteiger charge is -2.04. The number of hydrogen-bond acceptors (Lipinski definition) is 3. The van der Waals surface area contributed by atoms with Crippen LogP contribution in [-0.4, -0.2) is 23.6 Å². The van der Waals surface area contributed by atoms with Gasteiger partial charge in [-0.25, -0.2) is 0 Å². The summed E-state index contributed by atoms with van der Waals surface area (Å²) in [5, 5.41) is 3.30. The topological polar surface area (TPSA) is 55.1 Å². The summed E-state index contributed by atoms with van der Waals surface area (Å²) in [4.78, 5) is 0.876. The molecule has 15 heavy (non-hydrogen) atoms. The molecule has 1 aromatic carbocycles. The number of nitrogens with one attached hydrogen (secondary N) is 1. The predicted molar refractivity (Wildman–Crippen MR) is 64.2 cm³/mol. The van der Waals surface area contributed by atoms with E-state index in [4.69, 9.17) is 5.73 Å². The largest absolute Gasteiger partial charge is 0.330 e. The molecule has 1 atom stereocenters. The van der Waals surface area contributed by atoms with Crippen molar-refractivity contribution < 1.29 is 4.21 Å². The second-order valence-corrected chi connectivity index (χ2v) is 4.80. The Kier molecular flexibility index (Phi) is 5.53. The molecule has 1 rings (SSSR count). The average molecular weight is 226 g/mol. The average Bonchev–Trinajstić information content (AvgIpc) is 2.25. The zero-order valence-electron chi connectivity index (χ0n) is 9.03. The van der Waals surface area contributed by atoms with Crippen LogP contribution < -0.4 is 11.1 Å². The summed E-state index contributed by atoms with van der Waals surface area (Å²) in [5.74, 6) is 0. The summed E-state index contributed by atoms with van der Waals surface area (Å²) in [6.07, 6.45) is 2.69. The Morgan fingerprint density at radius 3 is 2.53 bits per heavy atom. The van der Waals surface area contributed by atoms with Crippen LogP contribution >= 0.6 is 0 Å². The summed E-state index contributed by atoms with van der Waals surface area (Å²) in [7, 11) is -0.883. The Labute approximate surface area is 93.5 Å². The van der Waals surface area contributed by atoms with Crippen molar-refractivity contribution in [1.82, 2.24) is 5.32 Å². The first-order valence-electron chi connectivity index (χ1n) is 5.07. The highest BCUT2D eigenvalue weighted by molar-refractivity contribution is 7.84. The minimum absolute atomic E-state index is 0.723. The molecule has 0 aromatic heterocycles. The third kappa shape index (κ3) is 4.55. The van der Waals surface area contributed by atoms with Gasteiger partial charge in [-0.2, -0.15) is 0 Å². The number of nitrogens with two attached hydrogens (primary N) is 1. The molecule has 0 bridgehead atoms. The molecule has 4 heteroatoms. The molecule has 0 amide bonds. The van der Waals surface area contributed by atoms with E-state index >= 15 is 0 Å². The fraction of sp³-hybridized carbons (Fsp3) is 0.455. The molecule has 0 aliphatic rings. The van der Waals surface area contributed by atoms with Crippen molar-refractivity contribution in [2.75, 3.05) is 19.3 Å². The molecule has 0 spiro atoms. The standard InChI is InChI=1S/C11H18N2OS/c1-15(14)11-5-3-10(4-6-11)9-13-8-2-7-12/h3-6,13H,2,7-9,12H2,1H3. The van der Waals surface area contributed by atoms with E-state index in [0.29, 0.717) is 0 Å². The van der Waals surface area contributed by atoms with Crippen LogP contribution in [0, 0.1) is 0 Å². The van der Waals surface area contributed by atoms with E-state index in [2.05, 4.69) is 5.32 Å². The fourth-order valence-corrected chi connectivity index (χ4v) is 1.78. The van der Waals surface area contributed by atoms with E-state index < -0.39 is 10.8 Å². The molecule has 3 N–H and O–H groups in total. The maximum atomic E-state index is 11.1. The highest BCUT2D eigenvalue weighted by Gasteiger charge is 1.97. The van der Waals surface area contributed by atoms with Crippen molar-refractivity contribution in [3.05, 3.63) is 29.8 Å². The zero-order valence-corrected chi connectivity index (χ0v) is 9.85. The molecule has 0 saturated heterocycles. The van der Waals surface area contributed by atoms with Gasteiger partial charge < -0.3 is 11.1 Å². The number of benzene rings is 1. The minimum atomic E-state index is -0.883. The van der Waals surface area contributed by atoms with E-state index in [-0.39, 0.29) is 0 Å². The van der Waals surface area contributed by atoms with Crippen molar-refractivity contribution in [2.24, 2.45) is 5.73 Å². The van der Waals surface area contributed by atoms with Crippen LogP contribution in [0.4, 0.5) is 0 Å². The van der Waals surface area contributed by atoms with Gasteiger partial charge in [-0.1, -0.05) is 12.1 Å². The molecular formula is C11H18N2OS. The van der Waals surface area contributed by atoms with Crippen LogP contribution in [0.25, 0.3) is 0 Å². The van der Waals surface area contributed by atoms with Crippen LogP contribution in [0.5, 0.6) is 0 Å². The highest BCUT2D eigenvalue weighted by Crippen LogP contribution is 2.07. The fourth-order valence-electron chi connectivity index (χ4n) is 1.26. The van der Waals surface area contributed by atoms with Crippen LogP contribution in [0.2, 0.25) is 0 Å². The minimum Gasteiger partial charge on any atom is -0.330 e. The van der Waals surface area contributed by atoms with Crippen molar-refractivity contribution in [3.8, 4) is 0 Å². The smallest absolute Gasteiger partial charge is 0.0498 e. The normalized spacial score (nSPS) is 12.7. The molecular weight excluding hydrogens is 208 g/mol. The number of hydrogen-bond donors (Lipinski definition) is 2. The lowest BCUT2D eigenvalue weighted by molar-refractivity contribution is 0.655. The molecule has 1 aromatic rings. The molecule has 0 aliphatic carbocycles. The lowest BCUT2D eigenvalue weighted by Crippen LogP contribution is -2.17. The Bertz CT molecular complexity index is 311. The lowest BCUT2D eigenvalue weighted by atomic mass is 10.2. The van der Waals surface area contributed by atoms with E-state index in [1.165, 1.54) is 5.56 Å². The second-order valence-electron chi connectivity index (χ2n) is 3.42. The van der Waals surface area contributed by atoms with Crippen molar-refractivity contribution in [1.29, 1.82) is 0 Å². The van der Waals surface area contributed by atoms with Crippen LogP contribution in [0.1, 0.15) is 12.0 Å². The summed E-state index contributed by atoms with van der Waals surface area (Å²) >= 11 is 0. The highest BCUT2D eigenvalue weighted by atomic mass is 32.2. The van der Waals surface area contributed by atoms with Crippen molar-refractivity contribution in [3.63, 3.8) is 0 Å². The molecule has 0 radical (unpaired) electrons. The summed E-state index contributed by atoms with van der Waals surface area (Å²) in [6.45, 7) is 2.51. The SMILES string of the molecule is CS(=O)c1ccc(CNCCCN)cc1. The van der Waals surface area contributed by atoms with Gasteiger partial charge in [0.1, 0.15) is 0 Å². The van der Waals surface area contributed by atoms with E-state index in [0.717, 1.165) is 31.0 Å². The molecule has 1 unspecified atom stereocenters. The quantitative estimate of drug-likeness (QED) is 0.707. The van der Waals surface area contributed by atoms with Gasteiger partial charge in [0.15, 0.2) is 0 Å². The number of rotatable bonds is 6. The van der Waals surface area contributed by atoms with E-state index in [9.17, 15) is 4.21 Å². The van der Waals surface area contributed by atoms with Crippen LogP contribution in [0.15, 0.2) is 29.2 Å². The van der Waals surface area contributed by atoms with Crippen molar-refractivity contribution in [2.45, 2.75) is 17.9 Å². The first-order chi connectivity index (χ1) is 7.24. The van der Waals surface area contributed by atoms with Crippen molar-refractivity contribution >= 4 is 10.8 Å². The monoisotopic (exact) mass is 226 g/mol. The van der Waals surface area contributed by atoms with Gasteiger partial charge in [-0.3, -0.25) is 4.21 Å². The van der Waals surface area contributed by atoms with Gasteiger partial charge in [0.25, 0.3) is 0 Å². The first-order valence-corrected chi connectivity index (χ1v) is 6.63. The third-order valence-electron chi connectivity index (χ3n) is 2.14. The van der Waals surface area contributed by atoms with Gasteiger partial charge in [-0.15, -0.1) is 0 Å².